The Labute approximate surface area is 133 Å². The Morgan fingerprint density at radius 3 is 2.05 bits per heavy atom. The van der Waals surface area contributed by atoms with Crippen molar-refractivity contribution < 1.29 is 4.74 Å². The maximum Gasteiger partial charge on any atom is 0.0471 e. The lowest BCUT2D eigenvalue weighted by atomic mass is 9.75. The number of hydrogen-bond donors (Lipinski definition) is 1. The largest absolute Gasteiger partial charge is 0.381 e. The third kappa shape index (κ3) is 8.83. The Hall–Kier alpha value is -0.0800. The number of nitrogens with one attached hydrogen (secondary N) is 1. The molecule has 2 heteroatoms. The van der Waals surface area contributed by atoms with E-state index in [1.807, 2.05) is 0 Å². The first-order valence-corrected chi connectivity index (χ1v) is 9.30. The SMILES string of the molecule is CCCCCCCCCC1(CNC(C)(C)C)CCOCC1. The monoisotopic (exact) mass is 297 g/mol. The van der Waals surface area contributed by atoms with Crippen LogP contribution in [0.3, 0.4) is 0 Å². The van der Waals surface area contributed by atoms with Crippen molar-refractivity contribution >= 4 is 0 Å². The standard InChI is InChI=1S/C19H39NO/c1-5-6-7-8-9-10-11-12-19(13-15-21-16-14-19)17-20-18(2,3)4/h20H,5-17H2,1-4H3. The smallest absolute Gasteiger partial charge is 0.0471 e. The highest BCUT2D eigenvalue weighted by Crippen LogP contribution is 2.36. The van der Waals surface area contributed by atoms with E-state index in [-0.39, 0.29) is 5.54 Å². The molecule has 2 nitrogen and oxygen atoms in total. The summed E-state index contributed by atoms with van der Waals surface area (Å²) in [6, 6.07) is 0. The predicted molar refractivity (Wildman–Crippen MR) is 92.9 cm³/mol. The quantitative estimate of drug-likeness (QED) is 0.552. The fraction of sp³-hybridized carbons (Fsp3) is 1.00. The Morgan fingerprint density at radius 2 is 1.48 bits per heavy atom. The molecule has 0 aromatic carbocycles. The number of rotatable bonds is 10. The molecule has 0 bridgehead atoms. The molecule has 126 valence electrons. The fourth-order valence-electron chi connectivity index (χ4n) is 3.23. The molecule has 0 spiro atoms. The molecule has 0 aromatic heterocycles. The maximum atomic E-state index is 5.60. The van der Waals surface area contributed by atoms with E-state index in [0.29, 0.717) is 5.41 Å². The van der Waals surface area contributed by atoms with Gasteiger partial charge in [-0.25, -0.2) is 0 Å². The Balaban J connectivity index is 2.26. The van der Waals surface area contributed by atoms with Crippen molar-refractivity contribution in [3.05, 3.63) is 0 Å². The molecule has 0 aromatic rings. The van der Waals surface area contributed by atoms with Gasteiger partial charge in [-0.05, 0) is 45.4 Å². The lowest BCUT2D eigenvalue weighted by molar-refractivity contribution is 0.00630. The number of unbranched alkanes of at least 4 members (excludes halogenated alkanes) is 6. The normalized spacial score (nSPS) is 18.9. The summed E-state index contributed by atoms with van der Waals surface area (Å²) in [5, 5.41) is 3.75. The van der Waals surface area contributed by atoms with Crippen molar-refractivity contribution in [2.75, 3.05) is 19.8 Å². The minimum Gasteiger partial charge on any atom is -0.381 e. The second kappa shape index (κ2) is 9.84. The zero-order valence-corrected chi connectivity index (χ0v) is 15.1. The van der Waals surface area contributed by atoms with Crippen molar-refractivity contribution in [1.82, 2.24) is 5.32 Å². The summed E-state index contributed by atoms with van der Waals surface area (Å²) in [5.74, 6) is 0. The van der Waals surface area contributed by atoms with Gasteiger partial charge >= 0.3 is 0 Å². The van der Waals surface area contributed by atoms with Gasteiger partial charge in [-0.2, -0.15) is 0 Å². The highest BCUT2D eigenvalue weighted by atomic mass is 16.5. The van der Waals surface area contributed by atoms with Crippen LogP contribution in [0.4, 0.5) is 0 Å². The first kappa shape index (κ1) is 19.0. The highest BCUT2D eigenvalue weighted by Gasteiger charge is 2.32. The molecule has 1 aliphatic heterocycles. The van der Waals surface area contributed by atoms with Crippen LogP contribution in [-0.2, 0) is 4.74 Å². The predicted octanol–water partition coefficient (Wildman–Crippen LogP) is 5.31. The minimum absolute atomic E-state index is 0.228. The lowest BCUT2D eigenvalue weighted by Gasteiger charge is -2.40. The van der Waals surface area contributed by atoms with Gasteiger partial charge in [0.2, 0.25) is 0 Å². The van der Waals surface area contributed by atoms with Crippen LogP contribution in [-0.4, -0.2) is 25.3 Å². The Morgan fingerprint density at radius 1 is 0.905 bits per heavy atom. The van der Waals surface area contributed by atoms with Gasteiger partial charge in [0.1, 0.15) is 0 Å². The maximum absolute atomic E-state index is 5.60. The molecule has 1 aliphatic rings. The van der Waals surface area contributed by atoms with Crippen LogP contribution in [0.2, 0.25) is 0 Å². The van der Waals surface area contributed by atoms with Crippen LogP contribution < -0.4 is 5.32 Å². The van der Waals surface area contributed by atoms with Crippen LogP contribution in [0.5, 0.6) is 0 Å². The highest BCUT2D eigenvalue weighted by molar-refractivity contribution is 4.86. The molecule has 0 radical (unpaired) electrons. The van der Waals surface area contributed by atoms with Gasteiger partial charge in [-0.3, -0.25) is 0 Å². The molecule has 0 saturated carbocycles. The summed E-state index contributed by atoms with van der Waals surface area (Å²) >= 11 is 0. The third-order valence-electron chi connectivity index (χ3n) is 4.86. The van der Waals surface area contributed by atoms with Crippen molar-refractivity contribution in [2.24, 2.45) is 5.41 Å². The van der Waals surface area contributed by atoms with Gasteiger partial charge in [-0.15, -0.1) is 0 Å². The van der Waals surface area contributed by atoms with Gasteiger partial charge in [-0.1, -0.05) is 51.9 Å². The van der Waals surface area contributed by atoms with E-state index in [4.69, 9.17) is 4.74 Å². The van der Waals surface area contributed by atoms with E-state index in [9.17, 15) is 0 Å². The Kier molecular flexibility index (Phi) is 8.89. The van der Waals surface area contributed by atoms with Crippen molar-refractivity contribution in [2.45, 2.75) is 97.4 Å². The first-order chi connectivity index (χ1) is 9.97. The van der Waals surface area contributed by atoms with Gasteiger partial charge in [0.15, 0.2) is 0 Å². The molecule has 0 amide bonds. The van der Waals surface area contributed by atoms with E-state index in [2.05, 4.69) is 33.0 Å². The molecule has 1 saturated heterocycles. The molecular formula is C19H39NO. The summed E-state index contributed by atoms with van der Waals surface area (Å²) in [6.45, 7) is 12.2. The Bertz CT molecular complexity index is 251. The van der Waals surface area contributed by atoms with Crippen LogP contribution >= 0.6 is 0 Å². The van der Waals surface area contributed by atoms with Gasteiger partial charge in [0, 0.05) is 25.3 Å². The minimum atomic E-state index is 0.228. The molecule has 0 aliphatic carbocycles. The summed E-state index contributed by atoms with van der Waals surface area (Å²) in [7, 11) is 0. The van der Waals surface area contributed by atoms with Crippen LogP contribution in [0, 0.1) is 5.41 Å². The van der Waals surface area contributed by atoms with Crippen molar-refractivity contribution in [3.63, 3.8) is 0 Å². The zero-order valence-electron chi connectivity index (χ0n) is 15.1. The van der Waals surface area contributed by atoms with Gasteiger partial charge in [0.25, 0.3) is 0 Å². The average molecular weight is 298 g/mol. The van der Waals surface area contributed by atoms with Crippen LogP contribution in [0.15, 0.2) is 0 Å². The summed E-state index contributed by atoms with van der Waals surface area (Å²) in [4.78, 5) is 0. The fourth-order valence-corrected chi connectivity index (χ4v) is 3.23. The second-order valence-corrected chi connectivity index (χ2v) is 8.09. The molecule has 21 heavy (non-hydrogen) atoms. The molecule has 0 unspecified atom stereocenters. The molecule has 1 rings (SSSR count). The molecule has 1 heterocycles. The number of ether oxygens (including phenoxy) is 1. The van der Waals surface area contributed by atoms with E-state index < -0.39 is 0 Å². The van der Waals surface area contributed by atoms with Crippen LogP contribution in [0.1, 0.15) is 91.9 Å². The summed E-state index contributed by atoms with van der Waals surface area (Å²) in [6.07, 6.45) is 13.7. The van der Waals surface area contributed by atoms with Crippen molar-refractivity contribution in [3.8, 4) is 0 Å². The van der Waals surface area contributed by atoms with E-state index in [1.54, 1.807) is 0 Å². The van der Waals surface area contributed by atoms with Gasteiger partial charge < -0.3 is 10.1 Å². The zero-order chi connectivity index (χ0) is 15.6. The average Bonchev–Trinajstić information content (AvgIpc) is 2.45. The first-order valence-electron chi connectivity index (χ1n) is 9.30. The van der Waals surface area contributed by atoms with Crippen molar-refractivity contribution in [1.29, 1.82) is 0 Å². The molecule has 1 fully saturated rings. The van der Waals surface area contributed by atoms with E-state index in [0.717, 1.165) is 19.8 Å². The summed E-state index contributed by atoms with van der Waals surface area (Å²) in [5.41, 5.74) is 0.723. The lowest BCUT2D eigenvalue weighted by Crippen LogP contribution is -2.46. The number of hydrogen-bond acceptors (Lipinski definition) is 2. The molecular weight excluding hydrogens is 258 g/mol. The van der Waals surface area contributed by atoms with E-state index >= 15 is 0 Å². The van der Waals surface area contributed by atoms with Crippen LogP contribution in [0.25, 0.3) is 0 Å². The third-order valence-corrected chi connectivity index (χ3v) is 4.86. The topological polar surface area (TPSA) is 21.3 Å². The van der Waals surface area contributed by atoms with Gasteiger partial charge in [0.05, 0.1) is 0 Å². The second-order valence-electron chi connectivity index (χ2n) is 8.09. The molecule has 0 atom stereocenters. The van der Waals surface area contributed by atoms with E-state index in [1.165, 1.54) is 64.2 Å². The summed E-state index contributed by atoms with van der Waals surface area (Å²) < 4.78 is 5.60. The molecule has 1 N–H and O–H groups in total.